The van der Waals surface area contributed by atoms with E-state index in [1.54, 1.807) is 67.9 Å². The first-order valence-electron chi connectivity index (χ1n) is 37.7. The fourth-order valence-corrected chi connectivity index (χ4v) is 18.0. The van der Waals surface area contributed by atoms with E-state index in [2.05, 4.69) is 236 Å². The highest BCUT2D eigenvalue weighted by Gasteiger charge is 2.45. The number of halogens is 1. The predicted octanol–water partition coefficient (Wildman–Crippen LogP) is 21.0. The summed E-state index contributed by atoms with van der Waals surface area (Å²) in [5.74, 6) is 3.20. The molecule has 18 rings (SSSR count). The molecule has 0 bridgehead atoms. The van der Waals surface area contributed by atoms with E-state index in [0.29, 0.717) is 23.4 Å². The minimum absolute atomic E-state index is 0.000475. The molecule has 2 fully saturated rings. The summed E-state index contributed by atoms with van der Waals surface area (Å²) in [4.78, 5) is 51.3. The van der Waals surface area contributed by atoms with Gasteiger partial charge in [-0.25, -0.2) is 29.9 Å². The van der Waals surface area contributed by atoms with Gasteiger partial charge in [-0.05, 0) is 165 Å². The second kappa shape index (κ2) is 33.9. The van der Waals surface area contributed by atoms with Crippen LogP contribution in [0.5, 0.6) is 11.5 Å². The Morgan fingerprint density at radius 1 is 0.500 bits per heavy atom. The van der Waals surface area contributed by atoms with Gasteiger partial charge in [0, 0.05) is 147 Å². The maximum Gasteiger partial charge on any atom is 0.219 e. The average molecular weight is 1580 g/mol. The molecule has 2 aliphatic carbocycles. The largest absolute Gasteiger partial charge is 0.495 e. The van der Waals surface area contributed by atoms with Crippen LogP contribution in [0, 0.1) is 18.8 Å². The molecule has 0 amide bonds. The third-order valence-corrected chi connectivity index (χ3v) is 24.4. The van der Waals surface area contributed by atoms with Crippen molar-refractivity contribution in [1.29, 1.82) is 0 Å². The molecule has 562 valence electrons. The number of anilines is 1. The van der Waals surface area contributed by atoms with E-state index >= 15 is 0 Å². The van der Waals surface area contributed by atoms with Gasteiger partial charge in [0.1, 0.15) is 32.8 Å². The van der Waals surface area contributed by atoms with Crippen molar-refractivity contribution < 1.29 is 14.6 Å². The maximum atomic E-state index is 9.20. The van der Waals surface area contributed by atoms with E-state index in [-0.39, 0.29) is 29.3 Å². The van der Waals surface area contributed by atoms with E-state index in [9.17, 15) is 5.11 Å². The number of rotatable bonds is 19. The van der Waals surface area contributed by atoms with Gasteiger partial charge in [0.25, 0.3) is 0 Å². The molecule has 0 radical (unpaired) electrons. The smallest absolute Gasteiger partial charge is 0.219 e. The minimum Gasteiger partial charge on any atom is -0.495 e. The number of thiazole rings is 2. The number of benzene rings is 4. The number of nitrogens with zero attached hydrogens (tertiary/aromatic N) is 12. The van der Waals surface area contributed by atoms with Gasteiger partial charge in [0.2, 0.25) is 5.95 Å². The standard InChI is InChI=1S/C25H25N3O2S.C24H20N4.C23H22N6.C19H19BrN2OS/c1-16(2)24(25-28-14-23(31-25)19-8-9-21(15-29)27-12-19)18-6-4-17(5-7-18)20-10-22(30-3)13-26-11-20;1-3-20-21(15-28-23(20)25-11-1)24(9-2-10-24)19-6-4-16(5-7-19)18-13-17-8-12-26-22(17)27-14-18;1-15-3-4-17(12-25-15)20-11-21(29-28-20)23(9-2-10-23)19-7-5-16(6-8-19)18-13-26-22(24)27-14-18;1-12(2)18(19-22-11-17(20)24-19)14-6-4-13(5-7-14)15-8-16(23-3)10-21-9-15/h4-14,16,24,29H,15H2,1-3H3;1,3-8,11-15H,2,9-10H2,(H,25,28)(H,26,27);3-8,12-14H,2,9-11H2,1H3,(H2,24,26,27);4-12,18H,1-3H3. The molecule has 12 heterocycles. The van der Waals surface area contributed by atoms with E-state index in [4.69, 9.17) is 20.2 Å². The second-order valence-corrected chi connectivity index (χ2v) is 32.7. The number of methoxy groups -OCH3 is 2. The zero-order chi connectivity index (χ0) is 77.3. The number of aliphatic hydroxyl groups excluding tert-OH is 1. The number of nitrogens with two attached hydrogens (primary N) is 1. The molecular weight excluding hydrogens is 1500 g/mol. The summed E-state index contributed by atoms with van der Waals surface area (Å²) in [6.07, 6.45) is 33.9. The van der Waals surface area contributed by atoms with Gasteiger partial charge in [-0.1, -0.05) is 144 Å². The number of hydrogen-bond donors (Lipinski definition) is 4. The van der Waals surface area contributed by atoms with Crippen LogP contribution in [-0.2, 0) is 17.4 Å². The van der Waals surface area contributed by atoms with Gasteiger partial charge in [-0.15, -0.1) is 22.7 Å². The van der Waals surface area contributed by atoms with Crippen molar-refractivity contribution >= 4 is 78.0 Å². The van der Waals surface area contributed by atoms with Gasteiger partial charge in [0.15, 0.2) is 0 Å². The van der Waals surface area contributed by atoms with Crippen molar-refractivity contribution in [3.05, 3.63) is 303 Å². The molecule has 5 N–H and O–H groups in total. The molecule has 0 saturated heterocycles. The highest BCUT2D eigenvalue weighted by molar-refractivity contribution is 9.11. The number of nitrogen functional groups attached to an aromatic ring is 1. The van der Waals surface area contributed by atoms with Crippen LogP contribution >= 0.6 is 38.6 Å². The van der Waals surface area contributed by atoms with E-state index in [0.717, 1.165) is 128 Å². The van der Waals surface area contributed by atoms with Crippen molar-refractivity contribution in [3.63, 3.8) is 0 Å². The topological polar surface area (TPSA) is 250 Å². The molecule has 2 atom stereocenters. The van der Waals surface area contributed by atoms with Crippen LogP contribution in [0.1, 0.15) is 139 Å². The first-order chi connectivity index (χ1) is 54.6. The first kappa shape index (κ1) is 75.8. The predicted molar refractivity (Wildman–Crippen MR) is 454 cm³/mol. The quantitative estimate of drug-likeness (QED) is 0.0588. The number of ether oxygens (including phenoxy) is 2. The number of H-pyrrole nitrogens is 2. The molecule has 18 nitrogen and oxygen atoms in total. The molecule has 0 spiro atoms. The Morgan fingerprint density at radius 3 is 1.59 bits per heavy atom. The monoisotopic (exact) mass is 1580 g/mol. The number of aliphatic hydroxyl groups is 1. The molecule has 2 saturated carbocycles. The zero-order valence-corrected chi connectivity index (χ0v) is 66.7. The Kier molecular flexibility index (Phi) is 23.0. The Balaban J connectivity index is 0.000000119. The van der Waals surface area contributed by atoms with Crippen LogP contribution in [0.25, 0.3) is 77.0 Å². The number of aromatic nitrogens is 12. The van der Waals surface area contributed by atoms with Gasteiger partial charge in [0.05, 0.1) is 65.2 Å². The van der Waals surface area contributed by atoms with Gasteiger partial charge < -0.3 is 30.3 Å². The van der Waals surface area contributed by atoms with Crippen LogP contribution in [0.2, 0.25) is 0 Å². The summed E-state index contributed by atoms with van der Waals surface area (Å²) in [5.41, 5.74) is 28.9. The Bertz CT molecular complexity index is 5760. The van der Waals surface area contributed by atoms with Crippen LogP contribution < -0.4 is 15.2 Å². The van der Waals surface area contributed by atoms with Crippen molar-refractivity contribution in [2.75, 3.05) is 20.0 Å². The molecule has 21 heteroatoms. The SMILES string of the molecule is COc1cncc(-c2ccc(C(c3ncc(-c4ccc(CO)nc4)s3)C(C)C)cc2)c1.COc1cncc(-c2ccc(C(c3ncc(Br)s3)C(C)C)cc2)c1.Cc1ccc(C2=NN=C(C3(c4ccc(-c5cnc(N)nc5)cc4)CCC3)C2)cn1.c1cnc2[nH]cc(C3(c4ccc(-c5cnc6[nH]ccc6c5)cc4)CCC3)c2c1. The van der Waals surface area contributed by atoms with E-state index < -0.39 is 0 Å². The Hall–Kier alpha value is -11.6. The maximum absolute atomic E-state index is 9.20. The molecule has 2 unspecified atom stereocenters. The second-order valence-electron chi connectivity index (χ2n) is 29.2. The van der Waals surface area contributed by atoms with Crippen LogP contribution in [0.4, 0.5) is 5.95 Å². The molecule has 11 aromatic heterocycles. The first-order valence-corrected chi connectivity index (χ1v) is 40.1. The van der Waals surface area contributed by atoms with Crippen LogP contribution in [-0.4, -0.2) is 90.6 Å². The molecule has 15 aromatic rings. The summed E-state index contributed by atoms with van der Waals surface area (Å²) in [5, 5.41) is 22.9. The Labute approximate surface area is 668 Å². The molecular formula is C91H86BrN15O3S2. The van der Waals surface area contributed by atoms with Crippen molar-refractivity contribution in [2.24, 2.45) is 22.0 Å². The van der Waals surface area contributed by atoms with Crippen molar-refractivity contribution in [1.82, 2.24) is 59.8 Å². The molecule has 4 aromatic carbocycles. The number of aryl methyl sites for hydroxylation is 1. The average Bonchev–Trinajstić information content (AvgIpc) is 1.71. The van der Waals surface area contributed by atoms with Crippen molar-refractivity contribution in [3.8, 4) is 66.4 Å². The number of hydrogen-bond acceptors (Lipinski definition) is 18. The van der Waals surface area contributed by atoms with Crippen LogP contribution in [0.3, 0.4) is 0 Å². The fraction of sp³-hybridized carbons (Fsp3) is 0.231. The third kappa shape index (κ3) is 16.4. The molecule has 112 heavy (non-hydrogen) atoms. The highest BCUT2D eigenvalue weighted by atomic mass is 79.9. The molecule has 3 aliphatic rings. The van der Waals surface area contributed by atoms with E-state index in [1.807, 2.05) is 92.9 Å². The van der Waals surface area contributed by atoms with Crippen LogP contribution in [0.15, 0.2) is 258 Å². The number of nitrogens with one attached hydrogen (secondary N) is 2. The Morgan fingerprint density at radius 2 is 1.04 bits per heavy atom. The highest BCUT2D eigenvalue weighted by Crippen LogP contribution is 2.52. The van der Waals surface area contributed by atoms with E-state index in [1.165, 1.54) is 70.2 Å². The van der Waals surface area contributed by atoms with Gasteiger partial charge >= 0.3 is 0 Å². The lowest BCUT2D eigenvalue weighted by Gasteiger charge is -2.42. The lowest BCUT2D eigenvalue weighted by molar-refractivity contribution is 0.277. The van der Waals surface area contributed by atoms with Crippen molar-refractivity contribution in [2.45, 2.75) is 109 Å². The molecule has 1 aliphatic heterocycles. The van der Waals surface area contributed by atoms with Gasteiger partial charge in [-0.3, -0.25) is 19.9 Å². The normalized spacial score (nSPS) is 14.5. The van der Waals surface area contributed by atoms with Gasteiger partial charge in [-0.2, -0.15) is 10.2 Å². The fourth-order valence-electron chi connectivity index (χ4n) is 15.2. The number of pyridine rings is 6. The summed E-state index contributed by atoms with van der Waals surface area (Å²) >= 11 is 6.91. The number of aromatic amines is 2. The lowest BCUT2D eigenvalue weighted by atomic mass is 9.60. The third-order valence-electron chi connectivity index (χ3n) is 21.7. The minimum atomic E-state index is -0.0501. The summed E-state index contributed by atoms with van der Waals surface area (Å²) in [7, 11) is 3.31. The lowest BCUT2D eigenvalue weighted by Crippen LogP contribution is -2.42. The number of fused-ring (bicyclic) bond motifs is 2. The summed E-state index contributed by atoms with van der Waals surface area (Å²) in [6, 6.07) is 55.4. The summed E-state index contributed by atoms with van der Waals surface area (Å²) < 4.78 is 11.6. The zero-order valence-electron chi connectivity index (χ0n) is 63.5. The summed E-state index contributed by atoms with van der Waals surface area (Å²) in [6.45, 7) is 10.9.